The van der Waals surface area contributed by atoms with Crippen LogP contribution < -0.4 is 5.56 Å². The van der Waals surface area contributed by atoms with Crippen LogP contribution in [-0.4, -0.2) is 32.6 Å². The molecule has 1 atom stereocenters. The first-order chi connectivity index (χ1) is 12.5. The molecule has 2 N–H and O–H groups in total. The van der Waals surface area contributed by atoms with Gasteiger partial charge in [0, 0.05) is 17.5 Å². The topological polar surface area (TPSA) is 69.2 Å². The number of rotatable bonds is 6. The third-order valence-electron chi connectivity index (χ3n) is 5.10. The largest absolute Gasteiger partial charge is 0.387 e. The zero-order valence-electron chi connectivity index (χ0n) is 15.0. The lowest BCUT2D eigenvalue weighted by atomic mass is 10.1. The highest BCUT2D eigenvalue weighted by molar-refractivity contribution is 7.18. The van der Waals surface area contributed by atoms with Gasteiger partial charge in [-0.05, 0) is 37.8 Å². The van der Waals surface area contributed by atoms with E-state index in [-0.39, 0.29) is 5.56 Å². The zero-order chi connectivity index (χ0) is 18.3. The van der Waals surface area contributed by atoms with E-state index in [0.29, 0.717) is 30.3 Å². The fourth-order valence-electron chi connectivity index (χ4n) is 3.35. The molecule has 0 radical (unpaired) electrons. The van der Waals surface area contributed by atoms with Gasteiger partial charge in [0.05, 0.1) is 18.0 Å². The van der Waals surface area contributed by atoms with Gasteiger partial charge < -0.3 is 10.1 Å². The van der Waals surface area contributed by atoms with Crippen molar-refractivity contribution in [2.75, 3.05) is 6.54 Å². The fraction of sp³-hybridized carbons (Fsp3) is 0.400. The summed E-state index contributed by atoms with van der Waals surface area (Å²) in [7, 11) is 0. The Bertz CT molecular complexity index is 976. The Morgan fingerprint density at radius 3 is 2.73 bits per heavy atom. The Morgan fingerprint density at radius 2 is 2.04 bits per heavy atom. The van der Waals surface area contributed by atoms with Crippen LogP contribution in [0.15, 0.2) is 35.1 Å². The lowest BCUT2D eigenvalue weighted by Crippen LogP contribution is -2.32. The number of nitrogens with zero attached hydrogens (tertiary/aromatic N) is 2. The van der Waals surface area contributed by atoms with Crippen molar-refractivity contribution < 1.29 is 5.11 Å². The molecule has 6 heteroatoms. The predicted molar refractivity (Wildman–Crippen MR) is 105 cm³/mol. The van der Waals surface area contributed by atoms with Gasteiger partial charge in [0.15, 0.2) is 0 Å². The minimum absolute atomic E-state index is 0.0637. The molecule has 1 aliphatic rings. The lowest BCUT2D eigenvalue weighted by molar-refractivity contribution is 0.103. The average molecular weight is 369 g/mol. The van der Waals surface area contributed by atoms with Gasteiger partial charge in [-0.15, -0.1) is 11.3 Å². The number of aromatic nitrogens is 2. The van der Waals surface area contributed by atoms with Gasteiger partial charge in [0.2, 0.25) is 0 Å². The van der Waals surface area contributed by atoms with Crippen molar-refractivity contribution in [1.82, 2.24) is 14.9 Å². The van der Waals surface area contributed by atoms with E-state index >= 15 is 0 Å². The molecule has 136 valence electrons. The second kappa shape index (κ2) is 6.95. The molecule has 0 unspecified atom stereocenters. The summed E-state index contributed by atoms with van der Waals surface area (Å²) in [5, 5.41) is 11.3. The zero-order valence-corrected chi connectivity index (χ0v) is 15.8. The second-order valence-corrected chi connectivity index (χ2v) is 8.27. The Morgan fingerprint density at radius 1 is 1.31 bits per heavy atom. The van der Waals surface area contributed by atoms with E-state index in [1.54, 1.807) is 11.3 Å². The van der Waals surface area contributed by atoms with Gasteiger partial charge in [-0.25, -0.2) is 4.98 Å². The van der Waals surface area contributed by atoms with Crippen LogP contribution in [0.25, 0.3) is 10.2 Å². The molecule has 0 amide bonds. The maximum atomic E-state index is 12.5. The SMILES string of the molecule is Cc1sc2nc(CN(C[C@@H](O)c3ccccc3)C3CC3)[nH]c(=O)c2c1C. The maximum Gasteiger partial charge on any atom is 0.259 e. The third kappa shape index (κ3) is 3.45. The highest BCUT2D eigenvalue weighted by Crippen LogP contribution is 2.30. The summed E-state index contributed by atoms with van der Waals surface area (Å²) in [6, 6.07) is 10.2. The van der Waals surface area contributed by atoms with Crippen molar-refractivity contribution in [2.24, 2.45) is 0 Å². The molecule has 2 aromatic heterocycles. The summed E-state index contributed by atoms with van der Waals surface area (Å²) in [6.07, 6.45) is 1.72. The number of aliphatic hydroxyl groups is 1. The van der Waals surface area contributed by atoms with Crippen molar-refractivity contribution in [2.45, 2.75) is 45.4 Å². The number of benzene rings is 1. The Kier molecular flexibility index (Phi) is 4.65. The van der Waals surface area contributed by atoms with E-state index in [0.717, 1.165) is 33.7 Å². The molecule has 26 heavy (non-hydrogen) atoms. The van der Waals surface area contributed by atoms with E-state index < -0.39 is 6.10 Å². The van der Waals surface area contributed by atoms with Crippen molar-refractivity contribution in [3.05, 3.63) is 62.5 Å². The van der Waals surface area contributed by atoms with E-state index in [1.807, 2.05) is 44.2 Å². The quantitative estimate of drug-likeness (QED) is 0.699. The Balaban J connectivity index is 1.57. The summed E-state index contributed by atoms with van der Waals surface area (Å²) in [4.78, 5) is 24.3. The van der Waals surface area contributed by atoms with Crippen LogP contribution in [0.1, 0.15) is 40.8 Å². The number of fused-ring (bicyclic) bond motifs is 1. The molecule has 0 aliphatic heterocycles. The molecule has 0 bridgehead atoms. The number of thiophene rings is 1. The molecule has 1 fully saturated rings. The van der Waals surface area contributed by atoms with Gasteiger partial charge in [-0.1, -0.05) is 30.3 Å². The highest BCUT2D eigenvalue weighted by Gasteiger charge is 2.31. The van der Waals surface area contributed by atoms with Crippen LogP contribution in [-0.2, 0) is 6.54 Å². The van der Waals surface area contributed by atoms with Crippen molar-refractivity contribution >= 4 is 21.6 Å². The Hall–Kier alpha value is -2.02. The van der Waals surface area contributed by atoms with Gasteiger partial charge in [-0.3, -0.25) is 9.69 Å². The lowest BCUT2D eigenvalue weighted by Gasteiger charge is -2.24. The molecule has 1 saturated carbocycles. The standard InChI is InChI=1S/C20H23N3O2S/c1-12-13(2)26-20-18(12)19(25)21-17(22-20)11-23(15-8-9-15)10-16(24)14-6-4-3-5-7-14/h3-7,15-16,24H,8-11H2,1-2H3,(H,21,22,25)/t16-/m1/s1. The van der Waals surface area contributed by atoms with Crippen LogP contribution in [0, 0.1) is 13.8 Å². The number of aliphatic hydroxyl groups excluding tert-OH is 1. The normalized spacial score (nSPS) is 15.7. The highest BCUT2D eigenvalue weighted by atomic mass is 32.1. The Labute approximate surface area is 156 Å². The van der Waals surface area contributed by atoms with Crippen LogP contribution >= 0.6 is 11.3 Å². The first-order valence-corrected chi connectivity index (χ1v) is 9.80. The van der Waals surface area contributed by atoms with Gasteiger partial charge in [0.1, 0.15) is 10.7 Å². The first-order valence-electron chi connectivity index (χ1n) is 8.99. The molecule has 4 rings (SSSR count). The minimum Gasteiger partial charge on any atom is -0.387 e. The number of aromatic amines is 1. The van der Waals surface area contributed by atoms with E-state index in [2.05, 4.69) is 14.9 Å². The van der Waals surface area contributed by atoms with E-state index in [9.17, 15) is 9.90 Å². The number of H-pyrrole nitrogens is 1. The summed E-state index contributed by atoms with van der Waals surface area (Å²) < 4.78 is 0. The number of hydrogen-bond acceptors (Lipinski definition) is 5. The van der Waals surface area contributed by atoms with Crippen molar-refractivity contribution in [3.8, 4) is 0 Å². The number of aryl methyl sites for hydroxylation is 2. The molecule has 1 aromatic carbocycles. The summed E-state index contributed by atoms with van der Waals surface area (Å²) in [5.41, 5.74) is 1.87. The first kappa shape index (κ1) is 17.4. The molecular formula is C20H23N3O2S. The van der Waals surface area contributed by atoms with Crippen molar-refractivity contribution in [1.29, 1.82) is 0 Å². The summed E-state index contributed by atoms with van der Waals surface area (Å²) in [6.45, 7) is 5.08. The predicted octanol–water partition coefficient (Wildman–Crippen LogP) is 3.30. The number of hydrogen-bond donors (Lipinski definition) is 2. The van der Waals surface area contributed by atoms with E-state index in [1.165, 1.54) is 0 Å². The number of nitrogens with one attached hydrogen (secondary N) is 1. The minimum atomic E-state index is -0.543. The van der Waals surface area contributed by atoms with Crippen LogP contribution in [0.2, 0.25) is 0 Å². The van der Waals surface area contributed by atoms with Gasteiger partial charge in [0.25, 0.3) is 5.56 Å². The van der Waals surface area contributed by atoms with Crippen LogP contribution in [0.4, 0.5) is 0 Å². The van der Waals surface area contributed by atoms with E-state index in [4.69, 9.17) is 0 Å². The maximum absolute atomic E-state index is 12.5. The van der Waals surface area contributed by atoms with Gasteiger partial charge in [-0.2, -0.15) is 0 Å². The molecule has 2 heterocycles. The molecule has 3 aromatic rings. The van der Waals surface area contributed by atoms with Crippen LogP contribution in [0.3, 0.4) is 0 Å². The van der Waals surface area contributed by atoms with Crippen LogP contribution in [0.5, 0.6) is 0 Å². The smallest absolute Gasteiger partial charge is 0.259 e. The molecule has 5 nitrogen and oxygen atoms in total. The summed E-state index contributed by atoms with van der Waals surface area (Å²) in [5.74, 6) is 0.677. The third-order valence-corrected chi connectivity index (χ3v) is 6.20. The van der Waals surface area contributed by atoms with Crippen molar-refractivity contribution in [3.63, 3.8) is 0 Å². The fourth-order valence-corrected chi connectivity index (χ4v) is 4.40. The summed E-state index contributed by atoms with van der Waals surface area (Å²) >= 11 is 1.57. The molecule has 0 spiro atoms. The molecular weight excluding hydrogens is 346 g/mol. The molecule has 0 saturated heterocycles. The molecule has 1 aliphatic carbocycles. The monoisotopic (exact) mass is 369 g/mol. The average Bonchev–Trinajstić information content (AvgIpc) is 3.42. The second-order valence-electron chi connectivity index (χ2n) is 7.06. The van der Waals surface area contributed by atoms with Gasteiger partial charge >= 0.3 is 0 Å².